The van der Waals surface area contributed by atoms with Crippen molar-refractivity contribution in [2.45, 2.75) is 19.8 Å². The van der Waals surface area contributed by atoms with Gasteiger partial charge in [0.1, 0.15) is 0 Å². The zero-order valence-corrected chi connectivity index (χ0v) is 7.96. The second kappa shape index (κ2) is 3.25. The van der Waals surface area contributed by atoms with Gasteiger partial charge in [0.25, 0.3) is 0 Å². The Morgan fingerprint density at radius 1 is 1.38 bits per heavy atom. The monoisotopic (exact) mass is 173 g/mol. The first-order valence-corrected chi connectivity index (χ1v) is 4.80. The summed E-state index contributed by atoms with van der Waals surface area (Å²) in [6.45, 7) is 2.29. The zero-order valence-electron chi connectivity index (χ0n) is 7.96. The van der Waals surface area contributed by atoms with Crippen LogP contribution in [0.25, 0.3) is 6.08 Å². The van der Waals surface area contributed by atoms with E-state index in [4.69, 9.17) is 5.73 Å². The first kappa shape index (κ1) is 8.36. The molecule has 1 aromatic carbocycles. The van der Waals surface area contributed by atoms with E-state index in [1.165, 1.54) is 24.0 Å². The van der Waals surface area contributed by atoms with Crippen LogP contribution in [0.15, 0.2) is 24.3 Å². The molecule has 13 heavy (non-hydrogen) atoms. The first-order valence-electron chi connectivity index (χ1n) is 4.80. The molecule has 0 aromatic heterocycles. The highest BCUT2D eigenvalue weighted by molar-refractivity contribution is 5.60. The number of nitrogen functional groups attached to an aromatic ring is 1. The van der Waals surface area contributed by atoms with Gasteiger partial charge in [-0.25, -0.2) is 0 Å². The maximum atomic E-state index is 5.73. The third-order valence-electron chi connectivity index (χ3n) is 2.57. The van der Waals surface area contributed by atoms with Crippen LogP contribution in [-0.4, -0.2) is 0 Å². The lowest BCUT2D eigenvalue weighted by atomic mass is 9.98. The van der Waals surface area contributed by atoms with Crippen LogP contribution in [0.3, 0.4) is 0 Å². The van der Waals surface area contributed by atoms with E-state index in [0.717, 1.165) is 11.6 Å². The Balaban J connectivity index is 2.44. The van der Waals surface area contributed by atoms with Crippen LogP contribution in [0.2, 0.25) is 0 Å². The smallest absolute Gasteiger partial charge is 0.0320 e. The van der Waals surface area contributed by atoms with E-state index in [0.29, 0.717) is 0 Å². The number of fused-ring (bicyclic) bond motifs is 1. The van der Waals surface area contributed by atoms with Crippen molar-refractivity contribution in [2.75, 3.05) is 5.73 Å². The SMILES string of the molecule is C[C@H]1CC=Cc2cc(N)ccc2C1. The number of nitrogens with two attached hydrogens (primary N) is 1. The van der Waals surface area contributed by atoms with Crippen LogP contribution in [-0.2, 0) is 6.42 Å². The number of hydrogen-bond donors (Lipinski definition) is 1. The molecule has 2 N–H and O–H groups in total. The molecule has 0 radical (unpaired) electrons. The molecular weight excluding hydrogens is 158 g/mol. The van der Waals surface area contributed by atoms with Gasteiger partial charge in [0.15, 0.2) is 0 Å². The predicted octanol–water partition coefficient (Wildman–Crippen LogP) is 2.86. The molecule has 0 saturated heterocycles. The molecule has 1 aliphatic rings. The summed E-state index contributed by atoms with van der Waals surface area (Å²) < 4.78 is 0. The van der Waals surface area contributed by atoms with Crippen LogP contribution in [0.1, 0.15) is 24.5 Å². The largest absolute Gasteiger partial charge is 0.399 e. The van der Waals surface area contributed by atoms with E-state index in [-0.39, 0.29) is 0 Å². The molecule has 0 aliphatic heterocycles. The topological polar surface area (TPSA) is 26.0 Å². The van der Waals surface area contributed by atoms with Crippen LogP contribution in [0.4, 0.5) is 5.69 Å². The molecule has 0 bridgehead atoms. The Bertz CT molecular complexity index is 339. The van der Waals surface area contributed by atoms with Gasteiger partial charge in [-0.2, -0.15) is 0 Å². The molecule has 68 valence electrons. The Kier molecular flexibility index (Phi) is 2.09. The number of anilines is 1. The highest BCUT2D eigenvalue weighted by atomic mass is 14.5. The van der Waals surface area contributed by atoms with E-state index in [1.54, 1.807) is 0 Å². The van der Waals surface area contributed by atoms with Crippen molar-refractivity contribution in [2.24, 2.45) is 5.92 Å². The number of benzene rings is 1. The molecule has 2 rings (SSSR count). The van der Waals surface area contributed by atoms with E-state index in [9.17, 15) is 0 Å². The fourth-order valence-corrected chi connectivity index (χ4v) is 1.84. The maximum Gasteiger partial charge on any atom is 0.0320 e. The Labute approximate surface area is 79.3 Å². The lowest BCUT2D eigenvalue weighted by Crippen LogP contribution is -1.98. The quantitative estimate of drug-likeness (QED) is 0.600. The lowest BCUT2D eigenvalue weighted by Gasteiger charge is -2.08. The van der Waals surface area contributed by atoms with Crippen LogP contribution in [0, 0.1) is 5.92 Å². The van der Waals surface area contributed by atoms with Crippen molar-refractivity contribution in [3.63, 3.8) is 0 Å². The average Bonchev–Trinajstić information content (AvgIpc) is 2.25. The molecule has 1 atom stereocenters. The Morgan fingerprint density at radius 2 is 2.23 bits per heavy atom. The van der Waals surface area contributed by atoms with Gasteiger partial charge in [0.05, 0.1) is 0 Å². The van der Waals surface area contributed by atoms with Gasteiger partial charge in [0.2, 0.25) is 0 Å². The van der Waals surface area contributed by atoms with Crippen LogP contribution < -0.4 is 5.73 Å². The van der Waals surface area contributed by atoms with Gasteiger partial charge in [-0.15, -0.1) is 0 Å². The van der Waals surface area contributed by atoms with E-state index >= 15 is 0 Å². The van der Waals surface area contributed by atoms with Gasteiger partial charge in [-0.05, 0) is 42.0 Å². The summed E-state index contributed by atoms with van der Waals surface area (Å²) >= 11 is 0. The van der Waals surface area contributed by atoms with Gasteiger partial charge < -0.3 is 5.73 Å². The molecule has 1 aliphatic carbocycles. The summed E-state index contributed by atoms with van der Waals surface area (Å²) in [5.41, 5.74) is 9.31. The average molecular weight is 173 g/mol. The fraction of sp³-hybridized carbons (Fsp3) is 0.333. The Hall–Kier alpha value is -1.24. The van der Waals surface area contributed by atoms with E-state index < -0.39 is 0 Å². The molecule has 1 nitrogen and oxygen atoms in total. The Morgan fingerprint density at radius 3 is 3.08 bits per heavy atom. The summed E-state index contributed by atoms with van der Waals surface area (Å²) in [4.78, 5) is 0. The van der Waals surface area contributed by atoms with E-state index in [1.807, 2.05) is 6.07 Å². The summed E-state index contributed by atoms with van der Waals surface area (Å²) in [6, 6.07) is 6.20. The lowest BCUT2D eigenvalue weighted by molar-refractivity contribution is 0.594. The highest BCUT2D eigenvalue weighted by Crippen LogP contribution is 2.23. The molecular formula is C12H15N. The highest BCUT2D eigenvalue weighted by Gasteiger charge is 2.08. The normalized spacial score (nSPS) is 20.8. The predicted molar refractivity (Wildman–Crippen MR) is 57.4 cm³/mol. The second-order valence-electron chi connectivity index (χ2n) is 3.91. The van der Waals surface area contributed by atoms with Gasteiger partial charge in [0, 0.05) is 5.69 Å². The van der Waals surface area contributed by atoms with Crippen molar-refractivity contribution < 1.29 is 0 Å². The minimum absolute atomic E-state index is 0.751. The molecule has 0 unspecified atom stereocenters. The summed E-state index contributed by atoms with van der Waals surface area (Å²) in [7, 11) is 0. The van der Waals surface area contributed by atoms with Gasteiger partial charge in [-0.3, -0.25) is 0 Å². The molecule has 0 fully saturated rings. The van der Waals surface area contributed by atoms with Crippen LogP contribution >= 0.6 is 0 Å². The van der Waals surface area contributed by atoms with E-state index in [2.05, 4.69) is 31.2 Å². The third-order valence-corrected chi connectivity index (χ3v) is 2.57. The molecule has 1 aromatic rings. The summed E-state index contributed by atoms with van der Waals surface area (Å²) in [5.74, 6) is 0.751. The molecule has 0 saturated carbocycles. The molecule has 0 spiro atoms. The van der Waals surface area contributed by atoms with Crippen molar-refractivity contribution in [1.82, 2.24) is 0 Å². The molecule has 0 heterocycles. The van der Waals surface area contributed by atoms with Crippen molar-refractivity contribution >= 4 is 11.8 Å². The minimum Gasteiger partial charge on any atom is -0.399 e. The van der Waals surface area contributed by atoms with Gasteiger partial charge in [-0.1, -0.05) is 25.1 Å². The minimum atomic E-state index is 0.751. The summed E-state index contributed by atoms with van der Waals surface area (Å²) in [5, 5.41) is 0. The second-order valence-corrected chi connectivity index (χ2v) is 3.91. The fourth-order valence-electron chi connectivity index (χ4n) is 1.84. The summed E-state index contributed by atoms with van der Waals surface area (Å²) in [6.07, 6.45) is 6.78. The van der Waals surface area contributed by atoms with Crippen LogP contribution in [0.5, 0.6) is 0 Å². The number of hydrogen-bond acceptors (Lipinski definition) is 1. The number of allylic oxidation sites excluding steroid dienone is 1. The zero-order chi connectivity index (χ0) is 9.26. The third kappa shape index (κ3) is 1.74. The molecule has 0 amide bonds. The first-order chi connectivity index (χ1) is 6.25. The maximum absolute atomic E-state index is 5.73. The molecule has 1 heteroatoms. The van der Waals surface area contributed by atoms with Crippen molar-refractivity contribution in [3.8, 4) is 0 Å². The number of rotatable bonds is 0. The van der Waals surface area contributed by atoms with Crippen molar-refractivity contribution in [1.29, 1.82) is 0 Å². The van der Waals surface area contributed by atoms with Gasteiger partial charge >= 0.3 is 0 Å². The van der Waals surface area contributed by atoms with Crippen molar-refractivity contribution in [3.05, 3.63) is 35.4 Å². The standard InChI is InChI=1S/C12H15N/c1-9-3-2-4-10-8-12(13)6-5-11(10)7-9/h2,4-6,8-9H,3,7,13H2,1H3/t9-/m0/s1.